The number of carbonyl (C=O) groups excluding carboxylic acids is 1. The third-order valence-electron chi connectivity index (χ3n) is 1.96. The van der Waals surface area contributed by atoms with Crippen LogP contribution in [-0.2, 0) is 0 Å². The minimum Gasteiger partial charge on any atom is -0.395 e. The number of amides is 1. The first-order chi connectivity index (χ1) is 7.35. The van der Waals surface area contributed by atoms with Crippen LogP contribution in [0.3, 0.4) is 0 Å². The number of nitrogens with two attached hydrogens (primary N) is 1. The molecule has 0 aliphatic heterocycles. The SMILES string of the molecule is CC(C)(CN)NC(=O)c1ccc([N+](=O)[O-])o1.Cl. The summed E-state index contributed by atoms with van der Waals surface area (Å²) in [5.41, 5.74) is 4.85. The zero-order chi connectivity index (χ0) is 12.3. The molecule has 0 aliphatic carbocycles. The molecule has 3 N–H and O–H groups in total. The van der Waals surface area contributed by atoms with Gasteiger partial charge in [0.15, 0.2) is 5.76 Å². The molecule has 1 amide bonds. The molecule has 0 fully saturated rings. The van der Waals surface area contributed by atoms with Gasteiger partial charge in [0.2, 0.25) is 0 Å². The van der Waals surface area contributed by atoms with Crippen LogP contribution >= 0.6 is 12.4 Å². The summed E-state index contributed by atoms with van der Waals surface area (Å²) in [6.07, 6.45) is 0. The Balaban J connectivity index is 0.00000256. The summed E-state index contributed by atoms with van der Waals surface area (Å²) in [7, 11) is 0. The van der Waals surface area contributed by atoms with Crippen molar-refractivity contribution in [2.45, 2.75) is 19.4 Å². The van der Waals surface area contributed by atoms with Gasteiger partial charge >= 0.3 is 5.88 Å². The van der Waals surface area contributed by atoms with Crippen LogP contribution in [0.4, 0.5) is 5.88 Å². The van der Waals surface area contributed by atoms with E-state index in [-0.39, 0.29) is 24.7 Å². The van der Waals surface area contributed by atoms with Crippen molar-refractivity contribution in [3.05, 3.63) is 28.0 Å². The Morgan fingerprint density at radius 1 is 1.59 bits per heavy atom. The molecule has 1 aromatic rings. The van der Waals surface area contributed by atoms with Gasteiger partial charge in [0.05, 0.1) is 6.07 Å². The Bertz CT molecular complexity index is 416. The van der Waals surface area contributed by atoms with E-state index in [9.17, 15) is 14.9 Å². The van der Waals surface area contributed by atoms with Gasteiger partial charge in [-0.15, -0.1) is 12.4 Å². The van der Waals surface area contributed by atoms with Crippen LogP contribution in [0.25, 0.3) is 0 Å². The number of nitrogens with zero attached hydrogens (tertiary/aromatic N) is 1. The molecule has 0 aliphatic rings. The zero-order valence-corrected chi connectivity index (χ0v) is 10.2. The van der Waals surface area contributed by atoms with Crippen LogP contribution in [-0.4, -0.2) is 22.9 Å². The Morgan fingerprint density at radius 3 is 2.59 bits per heavy atom. The second-order valence-corrected chi connectivity index (χ2v) is 3.94. The summed E-state index contributed by atoms with van der Waals surface area (Å²) >= 11 is 0. The maximum absolute atomic E-state index is 11.6. The van der Waals surface area contributed by atoms with Crippen LogP contribution in [0.2, 0.25) is 0 Å². The van der Waals surface area contributed by atoms with E-state index < -0.39 is 22.3 Å². The van der Waals surface area contributed by atoms with Crippen molar-refractivity contribution in [2.24, 2.45) is 5.73 Å². The van der Waals surface area contributed by atoms with Gasteiger partial charge in [-0.25, -0.2) is 0 Å². The quantitative estimate of drug-likeness (QED) is 0.623. The largest absolute Gasteiger partial charge is 0.433 e. The predicted molar refractivity (Wildman–Crippen MR) is 63.2 cm³/mol. The van der Waals surface area contributed by atoms with Crippen molar-refractivity contribution in [3.8, 4) is 0 Å². The van der Waals surface area contributed by atoms with Crippen LogP contribution in [0.5, 0.6) is 0 Å². The fourth-order valence-corrected chi connectivity index (χ4v) is 0.968. The van der Waals surface area contributed by atoms with Crippen molar-refractivity contribution < 1.29 is 14.1 Å². The lowest BCUT2D eigenvalue weighted by Gasteiger charge is -2.23. The van der Waals surface area contributed by atoms with Gasteiger partial charge in [-0.3, -0.25) is 14.9 Å². The first kappa shape index (κ1) is 15.4. The van der Waals surface area contributed by atoms with Gasteiger partial charge < -0.3 is 15.5 Å². The van der Waals surface area contributed by atoms with E-state index in [4.69, 9.17) is 10.2 Å². The molecule has 0 radical (unpaired) electrons. The first-order valence-corrected chi connectivity index (χ1v) is 4.62. The monoisotopic (exact) mass is 263 g/mol. The summed E-state index contributed by atoms with van der Waals surface area (Å²) in [6.45, 7) is 3.73. The van der Waals surface area contributed by atoms with Gasteiger partial charge in [0, 0.05) is 12.1 Å². The smallest absolute Gasteiger partial charge is 0.395 e. The third kappa shape index (κ3) is 4.04. The average Bonchev–Trinajstić information content (AvgIpc) is 2.66. The fourth-order valence-electron chi connectivity index (χ4n) is 0.968. The van der Waals surface area contributed by atoms with Crippen molar-refractivity contribution >= 4 is 24.2 Å². The summed E-state index contributed by atoms with van der Waals surface area (Å²) in [6, 6.07) is 2.38. The maximum atomic E-state index is 11.6. The Morgan fingerprint density at radius 2 is 2.18 bits per heavy atom. The van der Waals surface area contributed by atoms with Crippen molar-refractivity contribution in [1.82, 2.24) is 5.32 Å². The topological polar surface area (TPSA) is 111 Å². The van der Waals surface area contributed by atoms with E-state index in [0.717, 1.165) is 6.07 Å². The Kier molecular flexibility index (Phi) is 5.11. The average molecular weight is 264 g/mol. The molecule has 0 bridgehead atoms. The molecular weight excluding hydrogens is 250 g/mol. The lowest BCUT2D eigenvalue weighted by atomic mass is 10.1. The molecule has 0 aromatic carbocycles. The molecule has 7 nitrogen and oxygen atoms in total. The highest BCUT2D eigenvalue weighted by Gasteiger charge is 2.23. The van der Waals surface area contributed by atoms with Gasteiger partial charge in [-0.05, 0) is 19.9 Å². The first-order valence-electron chi connectivity index (χ1n) is 4.62. The second-order valence-electron chi connectivity index (χ2n) is 3.94. The van der Waals surface area contributed by atoms with Gasteiger partial charge in [0.1, 0.15) is 4.92 Å². The van der Waals surface area contributed by atoms with Gasteiger partial charge in [-0.2, -0.15) is 0 Å². The maximum Gasteiger partial charge on any atom is 0.433 e. The summed E-state index contributed by atoms with van der Waals surface area (Å²) in [5, 5.41) is 12.9. The zero-order valence-electron chi connectivity index (χ0n) is 9.43. The molecule has 1 heterocycles. The molecule has 0 spiro atoms. The van der Waals surface area contributed by atoms with E-state index in [1.165, 1.54) is 6.07 Å². The number of furan rings is 1. The van der Waals surface area contributed by atoms with E-state index in [1.807, 2.05) is 0 Å². The number of nitrogens with one attached hydrogen (secondary N) is 1. The summed E-state index contributed by atoms with van der Waals surface area (Å²) in [5.74, 6) is -1.09. The highest BCUT2D eigenvalue weighted by molar-refractivity contribution is 5.92. The van der Waals surface area contributed by atoms with Crippen LogP contribution in [0, 0.1) is 10.1 Å². The molecule has 1 aromatic heterocycles. The fraction of sp³-hybridized carbons (Fsp3) is 0.444. The van der Waals surface area contributed by atoms with Crippen LogP contribution < -0.4 is 11.1 Å². The number of rotatable bonds is 4. The van der Waals surface area contributed by atoms with E-state index in [1.54, 1.807) is 13.8 Å². The molecule has 1 rings (SSSR count). The lowest BCUT2D eigenvalue weighted by Crippen LogP contribution is -2.48. The van der Waals surface area contributed by atoms with Crippen LogP contribution in [0.15, 0.2) is 16.5 Å². The van der Waals surface area contributed by atoms with E-state index in [0.29, 0.717) is 0 Å². The molecule has 96 valence electrons. The highest BCUT2D eigenvalue weighted by Crippen LogP contribution is 2.16. The van der Waals surface area contributed by atoms with Crippen LogP contribution in [0.1, 0.15) is 24.4 Å². The van der Waals surface area contributed by atoms with Gasteiger partial charge in [0.25, 0.3) is 5.91 Å². The minimum absolute atomic E-state index is 0. The number of carbonyl (C=O) groups is 1. The number of halogens is 1. The molecule has 0 unspecified atom stereocenters. The number of hydrogen-bond acceptors (Lipinski definition) is 5. The normalized spacial score (nSPS) is 10.5. The molecule has 17 heavy (non-hydrogen) atoms. The number of hydrogen-bond donors (Lipinski definition) is 2. The molecular formula is C9H14ClN3O4. The Labute approximate surface area is 104 Å². The molecule has 0 saturated heterocycles. The third-order valence-corrected chi connectivity index (χ3v) is 1.96. The highest BCUT2D eigenvalue weighted by atomic mass is 35.5. The standard InChI is InChI=1S/C9H13N3O4.ClH/c1-9(2,5-10)11-8(13)6-3-4-7(16-6)12(14)15;/h3-4H,5,10H2,1-2H3,(H,11,13);1H. The van der Waals surface area contributed by atoms with E-state index >= 15 is 0 Å². The molecule has 0 saturated carbocycles. The van der Waals surface area contributed by atoms with E-state index in [2.05, 4.69) is 5.32 Å². The van der Waals surface area contributed by atoms with Crippen molar-refractivity contribution in [2.75, 3.05) is 6.54 Å². The summed E-state index contributed by atoms with van der Waals surface area (Å²) in [4.78, 5) is 21.2. The van der Waals surface area contributed by atoms with Crippen molar-refractivity contribution in [3.63, 3.8) is 0 Å². The lowest BCUT2D eigenvalue weighted by molar-refractivity contribution is -0.402. The summed E-state index contributed by atoms with van der Waals surface area (Å²) < 4.78 is 4.75. The minimum atomic E-state index is -0.704. The second kappa shape index (κ2) is 5.65. The molecule has 0 atom stereocenters. The Hall–Kier alpha value is -1.60. The molecule has 8 heteroatoms. The van der Waals surface area contributed by atoms with Crippen molar-refractivity contribution in [1.29, 1.82) is 0 Å². The predicted octanol–water partition coefficient (Wildman–Crippen LogP) is 1.08. The number of nitro groups is 1. The van der Waals surface area contributed by atoms with Gasteiger partial charge in [-0.1, -0.05) is 0 Å².